The number of hydrogen-bond acceptors (Lipinski definition) is 1. The quantitative estimate of drug-likeness (QED) is 0.610. The number of rotatable bonds is 2. The smallest absolute Gasteiger partial charge is 0.0152 e. The van der Waals surface area contributed by atoms with Gasteiger partial charge in [-0.3, -0.25) is 0 Å². The van der Waals surface area contributed by atoms with Crippen LogP contribution in [0.4, 0.5) is 0 Å². The highest BCUT2D eigenvalue weighted by atomic mass is 15.2. The summed E-state index contributed by atoms with van der Waals surface area (Å²) in [5.41, 5.74) is 0. The Kier molecular flexibility index (Phi) is 2.16. The molecular formula is C11H21N. The van der Waals surface area contributed by atoms with Gasteiger partial charge >= 0.3 is 0 Å². The van der Waals surface area contributed by atoms with Crippen LogP contribution in [0.1, 0.15) is 33.1 Å². The van der Waals surface area contributed by atoms with Gasteiger partial charge in [0.05, 0.1) is 0 Å². The summed E-state index contributed by atoms with van der Waals surface area (Å²) in [6.45, 7) is 6.11. The summed E-state index contributed by atoms with van der Waals surface area (Å²) >= 11 is 0. The Labute approximate surface area is 76.1 Å². The van der Waals surface area contributed by atoms with Crippen LogP contribution in [0.15, 0.2) is 0 Å². The van der Waals surface area contributed by atoms with Crippen LogP contribution in [-0.2, 0) is 0 Å². The van der Waals surface area contributed by atoms with Gasteiger partial charge in [-0.2, -0.15) is 0 Å². The minimum Gasteiger partial charge on any atom is -0.303 e. The Hall–Kier alpha value is -0.0400. The van der Waals surface area contributed by atoms with Crippen LogP contribution in [0.25, 0.3) is 0 Å². The van der Waals surface area contributed by atoms with Crippen molar-refractivity contribution in [3.05, 3.63) is 0 Å². The molecule has 1 saturated carbocycles. The van der Waals surface area contributed by atoms with E-state index in [0.717, 1.165) is 23.8 Å². The molecule has 2 aliphatic rings. The van der Waals surface area contributed by atoms with E-state index in [1.165, 1.54) is 25.8 Å². The van der Waals surface area contributed by atoms with Crippen LogP contribution < -0.4 is 0 Å². The molecule has 70 valence electrons. The molecule has 2 unspecified atom stereocenters. The Bertz CT molecular complexity index is 160. The average Bonchev–Trinajstić information content (AvgIpc) is 2.75. The number of hydrogen-bond donors (Lipinski definition) is 0. The highest BCUT2D eigenvalue weighted by Crippen LogP contribution is 2.44. The third kappa shape index (κ3) is 1.39. The van der Waals surface area contributed by atoms with Crippen LogP contribution in [0.3, 0.4) is 0 Å². The van der Waals surface area contributed by atoms with Gasteiger partial charge in [-0.1, -0.05) is 13.8 Å². The van der Waals surface area contributed by atoms with Gasteiger partial charge in [0, 0.05) is 6.04 Å². The molecule has 1 nitrogen and oxygen atoms in total. The zero-order valence-corrected chi connectivity index (χ0v) is 8.59. The van der Waals surface area contributed by atoms with Crippen molar-refractivity contribution in [2.75, 3.05) is 13.6 Å². The topological polar surface area (TPSA) is 3.24 Å². The van der Waals surface area contributed by atoms with Crippen molar-refractivity contribution < 1.29 is 0 Å². The maximum atomic E-state index is 2.60. The van der Waals surface area contributed by atoms with Crippen LogP contribution in [0.5, 0.6) is 0 Å². The summed E-state index contributed by atoms with van der Waals surface area (Å²) in [5, 5.41) is 0. The molecule has 2 atom stereocenters. The molecule has 2 fully saturated rings. The molecule has 1 aliphatic heterocycles. The third-order valence-electron chi connectivity index (χ3n) is 3.72. The van der Waals surface area contributed by atoms with Crippen molar-refractivity contribution in [3.8, 4) is 0 Å². The highest BCUT2D eigenvalue weighted by Gasteiger charge is 2.43. The Morgan fingerprint density at radius 3 is 2.33 bits per heavy atom. The van der Waals surface area contributed by atoms with Gasteiger partial charge < -0.3 is 4.90 Å². The first-order chi connectivity index (χ1) is 5.70. The molecule has 0 amide bonds. The summed E-state index contributed by atoms with van der Waals surface area (Å²) in [6, 6.07) is 0.935. The molecule has 0 aromatic carbocycles. The average molecular weight is 167 g/mol. The minimum atomic E-state index is 0.889. The zero-order valence-electron chi connectivity index (χ0n) is 8.59. The third-order valence-corrected chi connectivity index (χ3v) is 3.72. The first-order valence-corrected chi connectivity index (χ1v) is 5.40. The van der Waals surface area contributed by atoms with Crippen molar-refractivity contribution in [1.82, 2.24) is 4.90 Å². The standard InChI is InChI=1S/C11H21N/c1-8(2)10-6-7-12(3)11(10)9-4-5-9/h8-11H,4-7H2,1-3H3. The van der Waals surface area contributed by atoms with Gasteiger partial charge in [-0.25, -0.2) is 0 Å². The van der Waals surface area contributed by atoms with Crippen molar-refractivity contribution in [1.29, 1.82) is 0 Å². The summed E-state index contributed by atoms with van der Waals surface area (Å²) in [6.07, 6.45) is 4.44. The summed E-state index contributed by atoms with van der Waals surface area (Å²) < 4.78 is 0. The van der Waals surface area contributed by atoms with E-state index in [1.807, 2.05) is 0 Å². The van der Waals surface area contributed by atoms with Crippen LogP contribution in [-0.4, -0.2) is 24.5 Å². The van der Waals surface area contributed by atoms with Gasteiger partial charge in [0.1, 0.15) is 0 Å². The molecule has 12 heavy (non-hydrogen) atoms. The Balaban J connectivity index is 2.03. The molecule has 0 bridgehead atoms. The lowest BCUT2D eigenvalue weighted by molar-refractivity contribution is 0.211. The van der Waals surface area contributed by atoms with Crippen LogP contribution in [0.2, 0.25) is 0 Å². The number of likely N-dealkylation sites (tertiary alicyclic amines) is 1. The van der Waals surface area contributed by atoms with E-state index in [-0.39, 0.29) is 0 Å². The lowest BCUT2D eigenvalue weighted by atomic mass is 9.86. The fourth-order valence-electron chi connectivity index (χ4n) is 2.87. The predicted octanol–water partition coefficient (Wildman–Crippen LogP) is 2.37. The lowest BCUT2D eigenvalue weighted by Crippen LogP contribution is -2.33. The van der Waals surface area contributed by atoms with Gasteiger partial charge in [0.25, 0.3) is 0 Å². The van der Waals surface area contributed by atoms with Crippen molar-refractivity contribution in [2.24, 2.45) is 17.8 Å². The molecule has 1 aliphatic carbocycles. The van der Waals surface area contributed by atoms with Gasteiger partial charge in [-0.15, -0.1) is 0 Å². The van der Waals surface area contributed by atoms with E-state index in [2.05, 4.69) is 25.8 Å². The molecule has 0 spiro atoms. The fourth-order valence-corrected chi connectivity index (χ4v) is 2.87. The molecular weight excluding hydrogens is 146 g/mol. The first-order valence-electron chi connectivity index (χ1n) is 5.40. The van der Waals surface area contributed by atoms with E-state index >= 15 is 0 Å². The lowest BCUT2D eigenvalue weighted by Gasteiger charge is -2.27. The largest absolute Gasteiger partial charge is 0.303 e. The van der Waals surface area contributed by atoms with E-state index in [0.29, 0.717) is 0 Å². The molecule has 0 radical (unpaired) electrons. The molecule has 1 heteroatoms. The monoisotopic (exact) mass is 167 g/mol. The van der Waals surface area contributed by atoms with E-state index in [1.54, 1.807) is 0 Å². The minimum absolute atomic E-state index is 0.889. The maximum Gasteiger partial charge on any atom is 0.0152 e. The Morgan fingerprint density at radius 2 is 1.83 bits per heavy atom. The fraction of sp³-hybridized carbons (Fsp3) is 1.00. The van der Waals surface area contributed by atoms with Gasteiger partial charge in [0.15, 0.2) is 0 Å². The summed E-state index contributed by atoms with van der Waals surface area (Å²) in [5.74, 6) is 2.94. The maximum absolute atomic E-state index is 2.60. The van der Waals surface area contributed by atoms with Crippen LogP contribution >= 0.6 is 0 Å². The van der Waals surface area contributed by atoms with Crippen molar-refractivity contribution in [3.63, 3.8) is 0 Å². The molecule has 1 saturated heterocycles. The summed E-state index contributed by atoms with van der Waals surface area (Å²) in [7, 11) is 2.31. The Morgan fingerprint density at radius 1 is 1.17 bits per heavy atom. The highest BCUT2D eigenvalue weighted by molar-refractivity contribution is 4.96. The summed E-state index contributed by atoms with van der Waals surface area (Å²) in [4.78, 5) is 2.60. The molecule has 0 aromatic heterocycles. The van der Waals surface area contributed by atoms with E-state index in [4.69, 9.17) is 0 Å². The second-order valence-corrected chi connectivity index (χ2v) is 5.01. The second kappa shape index (κ2) is 3.02. The molecule has 2 rings (SSSR count). The van der Waals surface area contributed by atoms with Crippen molar-refractivity contribution in [2.45, 2.75) is 39.2 Å². The van der Waals surface area contributed by atoms with Crippen LogP contribution in [0, 0.1) is 17.8 Å². The zero-order chi connectivity index (χ0) is 8.72. The predicted molar refractivity (Wildman–Crippen MR) is 52.1 cm³/mol. The van der Waals surface area contributed by atoms with E-state index in [9.17, 15) is 0 Å². The number of nitrogens with zero attached hydrogens (tertiary/aromatic N) is 1. The van der Waals surface area contributed by atoms with Crippen molar-refractivity contribution >= 4 is 0 Å². The SMILES string of the molecule is CC(C)C1CCN(C)C1C1CC1. The molecule has 1 heterocycles. The second-order valence-electron chi connectivity index (χ2n) is 5.01. The molecule has 0 N–H and O–H groups in total. The van der Waals surface area contributed by atoms with Gasteiger partial charge in [0.2, 0.25) is 0 Å². The molecule has 0 aromatic rings. The normalized spacial score (nSPS) is 38.0. The van der Waals surface area contributed by atoms with Gasteiger partial charge in [-0.05, 0) is 50.6 Å². The van der Waals surface area contributed by atoms with E-state index < -0.39 is 0 Å². The first kappa shape index (κ1) is 8.55.